The zero-order valence-corrected chi connectivity index (χ0v) is 34.6. The second kappa shape index (κ2) is 15.4. The molecule has 10 aromatic rings. The fraction of sp³-hybridized carbons (Fsp3) is 0. The van der Waals surface area contributed by atoms with E-state index in [2.05, 4.69) is 259 Å². The Bertz CT molecular complexity index is 3050. The Morgan fingerprint density at radius 1 is 0.254 bits per heavy atom. The van der Waals surface area contributed by atoms with Crippen LogP contribution in [-0.4, -0.2) is 6.71 Å². The number of fused-ring (bicyclic) bond motifs is 4. The molecule has 0 amide bonds. The summed E-state index contributed by atoms with van der Waals surface area (Å²) in [4.78, 5) is 5.04. The lowest BCUT2D eigenvalue weighted by atomic mass is 9.33. The highest BCUT2D eigenvalue weighted by molar-refractivity contribution is 7.00. The number of anilines is 6. The van der Waals surface area contributed by atoms with Gasteiger partial charge in [-0.2, -0.15) is 0 Å². The van der Waals surface area contributed by atoms with Gasteiger partial charge in [0.1, 0.15) is 0 Å². The van der Waals surface area contributed by atoms with Gasteiger partial charge < -0.3 is 9.80 Å². The van der Waals surface area contributed by atoms with E-state index < -0.39 is 0 Å². The normalized spacial score (nSPS) is 12.3. The predicted octanol–water partition coefficient (Wildman–Crippen LogP) is 14.1. The topological polar surface area (TPSA) is 6.48 Å². The first-order valence-electron chi connectivity index (χ1n) is 21.8. The molecule has 0 aromatic heterocycles. The first-order chi connectivity index (χ1) is 31.3. The van der Waals surface area contributed by atoms with E-state index in [1.54, 1.807) is 0 Å². The first-order valence-corrected chi connectivity index (χ1v) is 21.8. The second-order valence-electron chi connectivity index (χ2n) is 16.4. The van der Waals surface area contributed by atoms with Gasteiger partial charge in [-0.3, -0.25) is 0 Å². The van der Waals surface area contributed by atoms with Gasteiger partial charge in [-0.15, -0.1) is 0 Å². The van der Waals surface area contributed by atoms with Crippen molar-refractivity contribution in [3.8, 4) is 55.6 Å². The molecule has 2 aliphatic rings. The number of rotatable bonds is 7. The lowest BCUT2D eigenvalue weighted by Gasteiger charge is -2.44. The summed E-state index contributed by atoms with van der Waals surface area (Å²) in [6, 6.07) is 91.2. The van der Waals surface area contributed by atoms with Crippen molar-refractivity contribution in [1.82, 2.24) is 0 Å². The van der Waals surface area contributed by atoms with Crippen LogP contribution in [0.2, 0.25) is 0 Å². The third kappa shape index (κ3) is 6.28. The van der Waals surface area contributed by atoms with Gasteiger partial charge in [0.25, 0.3) is 6.71 Å². The van der Waals surface area contributed by atoms with Crippen LogP contribution in [0, 0.1) is 0 Å². The third-order valence-electron chi connectivity index (χ3n) is 12.8. The van der Waals surface area contributed by atoms with Gasteiger partial charge in [0, 0.05) is 34.1 Å². The summed E-state index contributed by atoms with van der Waals surface area (Å²) in [6.45, 7) is -0.0562. The van der Waals surface area contributed by atoms with Crippen molar-refractivity contribution in [2.45, 2.75) is 0 Å². The van der Waals surface area contributed by atoms with Gasteiger partial charge in [0.05, 0.1) is 0 Å². The number of hydrogen-bond acceptors (Lipinski definition) is 2. The smallest absolute Gasteiger partial charge is 0.252 e. The summed E-state index contributed by atoms with van der Waals surface area (Å²) in [5.41, 5.74) is 22.8. The van der Waals surface area contributed by atoms with Crippen LogP contribution < -0.4 is 26.2 Å². The summed E-state index contributed by atoms with van der Waals surface area (Å²) in [5.74, 6) is 0. The highest BCUT2D eigenvalue weighted by atomic mass is 15.2. The molecule has 63 heavy (non-hydrogen) atoms. The maximum absolute atomic E-state index is 2.52. The zero-order valence-electron chi connectivity index (χ0n) is 34.6. The van der Waals surface area contributed by atoms with Crippen LogP contribution in [0.3, 0.4) is 0 Å². The Morgan fingerprint density at radius 3 is 1.02 bits per heavy atom. The monoisotopic (exact) mass is 800 g/mol. The minimum Gasteiger partial charge on any atom is -0.311 e. The molecular formula is C60H41BN2. The quantitative estimate of drug-likeness (QED) is 0.148. The molecule has 294 valence electrons. The Balaban J connectivity index is 1.22. The van der Waals surface area contributed by atoms with Crippen molar-refractivity contribution >= 4 is 57.2 Å². The van der Waals surface area contributed by atoms with Crippen molar-refractivity contribution in [1.29, 1.82) is 0 Å². The van der Waals surface area contributed by atoms with Crippen LogP contribution in [0.5, 0.6) is 0 Å². The molecule has 0 spiro atoms. The number of nitrogens with zero attached hydrogens (tertiary/aromatic N) is 2. The van der Waals surface area contributed by atoms with Crippen LogP contribution in [0.15, 0.2) is 249 Å². The van der Waals surface area contributed by atoms with Gasteiger partial charge >= 0.3 is 0 Å². The maximum Gasteiger partial charge on any atom is 0.252 e. The highest BCUT2D eigenvalue weighted by Gasteiger charge is 2.44. The average Bonchev–Trinajstić information content (AvgIpc) is 3.37. The highest BCUT2D eigenvalue weighted by Crippen LogP contribution is 2.49. The lowest BCUT2D eigenvalue weighted by Crippen LogP contribution is -2.61. The van der Waals surface area contributed by atoms with Gasteiger partial charge in [-0.25, -0.2) is 0 Å². The largest absolute Gasteiger partial charge is 0.311 e. The van der Waals surface area contributed by atoms with E-state index in [0.717, 1.165) is 16.9 Å². The Kier molecular flexibility index (Phi) is 8.97. The Hall–Kier alpha value is -8.14. The molecule has 0 aliphatic carbocycles. The summed E-state index contributed by atoms with van der Waals surface area (Å²) in [7, 11) is 0. The van der Waals surface area contributed by atoms with Crippen LogP contribution in [0.25, 0.3) is 55.6 Å². The first kappa shape index (κ1) is 36.7. The molecule has 2 heterocycles. The molecule has 0 unspecified atom stereocenters. The van der Waals surface area contributed by atoms with E-state index in [1.165, 1.54) is 89.2 Å². The molecule has 3 heteroatoms. The van der Waals surface area contributed by atoms with Crippen molar-refractivity contribution in [3.63, 3.8) is 0 Å². The molecule has 0 bridgehead atoms. The molecule has 10 aromatic carbocycles. The number of benzene rings is 10. The summed E-state index contributed by atoms with van der Waals surface area (Å²) >= 11 is 0. The summed E-state index contributed by atoms with van der Waals surface area (Å²) < 4.78 is 0. The van der Waals surface area contributed by atoms with Crippen LogP contribution in [0.4, 0.5) is 34.1 Å². The number of para-hydroxylation sites is 2. The molecule has 0 atom stereocenters. The minimum absolute atomic E-state index is 0.0562. The minimum atomic E-state index is -0.0562. The van der Waals surface area contributed by atoms with Crippen molar-refractivity contribution in [2.24, 2.45) is 0 Å². The molecule has 0 radical (unpaired) electrons. The average molecular weight is 801 g/mol. The summed E-state index contributed by atoms with van der Waals surface area (Å²) in [6.07, 6.45) is 0. The van der Waals surface area contributed by atoms with E-state index in [0.29, 0.717) is 0 Å². The Morgan fingerprint density at radius 2 is 0.619 bits per heavy atom. The van der Waals surface area contributed by atoms with Crippen molar-refractivity contribution < 1.29 is 0 Å². The van der Waals surface area contributed by atoms with Gasteiger partial charge in [-0.1, -0.05) is 200 Å². The van der Waals surface area contributed by atoms with Gasteiger partial charge in [-0.05, 0) is 121 Å². The fourth-order valence-corrected chi connectivity index (χ4v) is 10.1. The lowest BCUT2D eigenvalue weighted by molar-refractivity contribution is 1.25. The molecular weight excluding hydrogens is 759 g/mol. The molecule has 2 aliphatic heterocycles. The molecule has 2 nitrogen and oxygen atoms in total. The molecule has 12 rings (SSSR count). The molecule has 0 N–H and O–H groups in total. The van der Waals surface area contributed by atoms with E-state index in [-0.39, 0.29) is 6.71 Å². The third-order valence-corrected chi connectivity index (χ3v) is 12.8. The van der Waals surface area contributed by atoms with Gasteiger partial charge in [0.15, 0.2) is 0 Å². The van der Waals surface area contributed by atoms with Crippen LogP contribution in [-0.2, 0) is 0 Å². The van der Waals surface area contributed by atoms with Gasteiger partial charge in [0.2, 0.25) is 0 Å². The standard InChI is InChI=1S/C60H41BN2/c1-7-20-42(21-8-1)46-34-36-55-53(38-46)61-54-39-47(43-22-9-2-10-23-43)35-37-56(54)63(50-30-17-6-18-31-50)58-41-48(40-57(60(58)61)62(55)49-28-15-5-16-29-49)59-51(44-24-11-3-12-25-44)32-19-33-52(59)45-26-13-4-14-27-45/h1-41H. The predicted molar refractivity (Wildman–Crippen MR) is 268 cm³/mol. The summed E-state index contributed by atoms with van der Waals surface area (Å²) in [5, 5.41) is 0. The zero-order chi connectivity index (χ0) is 41.7. The number of hydrogen-bond donors (Lipinski definition) is 0. The van der Waals surface area contributed by atoms with E-state index >= 15 is 0 Å². The van der Waals surface area contributed by atoms with E-state index in [4.69, 9.17) is 0 Å². The van der Waals surface area contributed by atoms with Crippen molar-refractivity contribution in [3.05, 3.63) is 249 Å². The van der Waals surface area contributed by atoms with Crippen LogP contribution >= 0.6 is 0 Å². The SMILES string of the molecule is c1ccc(-c2ccc3c(c2)B2c4cc(-c5ccccc5)ccc4N(c4ccccc4)c4cc(-c5c(-c6ccccc6)cccc5-c5ccccc5)cc(c42)N3c2ccccc2)cc1. The van der Waals surface area contributed by atoms with E-state index in [1.807, 2.05) is 0 Å². The molecule has 0 saturated carbocycles. The van der Waals surface area contributed by atoms with Crippen molar-refractivity contribution in [2.75, 3.05) is 9.80 Å². The second-order valence-corrected chi connectivity index (χ2v) is 16.4. The fourth-order valence-electron chi connectivity index (χ4n) is 10.1. The Labute approximate surface area is 369 Å². The van der Waals surface area contributed by atoms with Crippen LogP contribution in [0.1, 0.15) is 0 Å². The van der Waals surface area contributed by atoms with E-state index in [9.17, 15) is 0 Å². The molecule has 0 fully saturated rings. The maximum atomic E-state index is 2.52. The molecule has 0 saturated heterocycles.